The van der Waals surface area contributed by atoms with Crippen molar-refractivity contribution in [2.45, 2.75) is 27.3 Å². The Morgan fingerprint density at radius 2 is 2.04 bits per heavy atom. The van der Waals surface area contributed by atoms with Crippen LogP contribution in [0.2, 0.25) is 0 Å². The number of carbonyl (C=O) groups excluding carboxylic acids is 1. The van der Waals surface area contributed by atoms with Crippen molar-refractivity contribution in [3.63, 3.8) is 0 Å². The molecule has 4 aromatic rings. The number of halogens is 1. The Labute approximate surface area is 160 Å². The third-order valence-electron chi connectivity index (χ3n) is 4.53. The molecule has 8 heteroatoms. The highest BCUT2D eigenvalue weighted by Gasteiger charge is 2.21. The molecule has 3 aromatic heterocycles. The number of pyridine rings is 1. The van der Waals surface area contributed by atoms with E-state index in [1.165, 1.54) is 6.07 Å². The third-order valence-corrected chi connectivity index (χ3v) is 4.53. The van der Waals surface area contributed by atoms with Crippen LogP contribution in [0.25, 0.3) is 22.4 Å². The second-order valence-corrected chi connectivity index (χ2v) is 6.42. The van der Waals surface area contributed by atoms with Gasteiger partial charge in [-0.15, -0.1) is 0 Å². The molecule has 0 saturated carbocycles. The number of aryl methyl sites for hydroxylation is 3. The summed E-state index contributed by atoms with van der Waals surface area (Å²) in [6, 6.07) is 7.80. The van der Waals surface area contributed by atoms with Crippen LogP contribution in [0.1, 0.15) is 28.7 Å². The smallest absolute Gasteiger partial charge is 0.259 e. The maximum Gasteiger partial charge on any atom is 0.259 e. The first-order valence-corrected chi connectivity index (χ1v) is 8.85. The second kappa shape index (κ2) is 6.88. The number of amides is 1. The van der Waals surface area contributed by atoms with Gasteiger partial charge in [0, 0.05) is 18.3 Å². The molecule has 3 heterocycles. The molecular formula is C20H18FN5O2. The molecule has 0 fully saturated rings. The number of benzene rings is 1. The predicted octanol–water partition coefficient (Wildman–Crippen LogP) is 4.11. The molecule has 142 valence electrons. The summed E-state index contributed by atoms with van der Waals surface area (Å²) in [5.41, 5.74) is 2.93. The molecule has 0 saturated heterocycles. The van der Waals surface area contributed by atoms with Gasteiger partial charge < -0.3 is 9.84 Å². The Morgan fingerprint density at radius 1 is 1.25 bits per heavy atom. The van der Waals surface area contributed by atoms with E-state index >= 15 is 0 Å². The molecule has 7 nitrogen and oxygen atoms in total. The zero-order valence-electron chi connectivity index (χ0n) is 15.7. The average molecular weight is 379 g/mol. The van der Waals surface area contributed by atoms with Crippen molar-refractivity contribution >= 4 is 22.7 Å². The zero-order chi connectivity index (χ0) is 19.8. The Balaban J connectivity index is 1.82. The van der Waals surface area contributed by atoms with E-state index in [1.54, 1.807) is 42.1 Å². The van der Waals surface area contributed by atoms with Crippen LogP contribution in [0.15, 0.2) is 41.1 Å². The summed E-state index contributed by atoms with van der Waals surface area (Å²) >= 11 is 0. The number of nitrogens with zero attached hydrogens (tertiary/aromatic N) is 4. The van der Waals surface area contributed by atoms with Crippen molar-refractivity contribution in [1.29, 1.82) is 0 Å². The van der Waals surface area contributed by atoms with E-state index in [9.17, 15) is 9.18 Å². The lowest BCUT2D eigenvalue weighted by Gasteiger charge is -2.08. The summed E-state index contributed by atoms with van der Waals surface area (Å²) in [5, 5.41) is 11.6. The standard InChI is InChI=1S/C20H18FN5O2/c1-4-26-10-17(11(2)24-26)22-19(27)14-9-16(13-7-5-6-8-15(13)21)23-20-18(14)12(3)25-28-20/h5-10H,4H2,1-3H3,(H,22,27). The minimum Gasteiger partial charge on any atom is -0.335 e. The Morgan fingerprint density at radius 3 is 2.75 bits per heavy atom. The highest BCUT2D eigenvalue weighted by atomic mass is 19.1. The van der Waals surface area contributed by atoms with Gasteiger partial charge in [0.25, 0.3) is 11.6 Å². The fraction of sp³-hybridized carbons (Fsp3) is 0.200. The van der Waals surface area contributed by atoms with Gasteiger partial charge >= 0.3 is 0 Å². The van der Waals surface area contributed by atoms with Crippen LogP contribution in [0.5, 0.6) is 0 Å². The Kier molecular flexibility index (Phi) is 4.38. The SMILES string of the molecule is CCn1cc(NC(=O)c2cc(-c3ccccc3F)nc3onc(C)c23)c(C)n1. The van der Waals surface area contributed by atoms with Crippen LogP contribution in [0.3, 0.4) is 0 Å². The van der Waals surface area contributed by atoms with E-state index in [0.717, 1.165) is 0 Å². The highest BCUT2D eigenvalue weighted by Crippen LogP contribution is 2.29. The molecule has 1 aromatic carbocycles. The second-order valence-electron chi connectivity index (χ2n) is 6.42. The molecule has 0 spiro atoms. The number of nitrogens with one attached hydrogen (secondary N) is 1. The van der Waals surface area contributed by atoms with Gasteiger partial charge in [0.2, 0.25) is 0 Å². The van der Waals surface area contributed by atoms with Crippen LogP contribution >= 0.6 is 0 Å². The van der Waals surface area contributed by atoms with Crippen molar-refractivity contribution in [2.75, 3.05) is 5.32 Å². The van der Waals surface area contributed by atoms with Crippen LogP contribution in [-0.4, -0.2) is 25.8 Å². The van der Waals surface area contributed by atoms with Gasteiger partial charge in [-0.1, -0.05) is 17.3 Å². The van der Waals surface area contributed by atoms with Gasteiger partial charge in [-0.3, -0.25) is 9.48 Å². The maximum absolute atomic E-state index is 14.3. The van der Waals surface area contributed by atoms with E-state index in [4.69, 9.17) is 4.52 Å². The van der Waals surface area contributed by atoms with Crippen LogP contribution in [0.4, 0.5) is 10.1 Å². The van der Waals surface area contributed by atoms with Gasteiger partial charge in [-0.05, 0) is 39.0 Å². The summed E-state index contributed by atoms with van der Waals surface area (Å²) in [6.07, 6.45) is 1.77. The Hall–Kier alpha value is -3.55. The van der Waals surface area contributed by atoms with Crippen molar-refractivity contribution < 1.29 is 13.7 Å². The highest BCUT2D eigenvalue weighted by molar-refractivity contribution is 6.13. The lowest BCUT2D eigenvalue weighted by Crippen LogP contribution is -2.13. The lowest BCUT2D eigenvalue weighted by molar-refractivity contribution is 0.102. The number of carbonyl (C=O) groups is 1. The van der Waals surface area contributed by atoms with Crippen molar-refractivity contribution in [3.8, 4) is 11.3 Å². The maximum atomic E-state index is 14.3. The first kappa shape index (κ1) is 17.8. The first-order chi connectivity index (χ1) is 13.5. The molecule has 0 atom stereocenters. The molecule has 0 radical (unpaired) electrons. The summed E-state index contributed by atoms with van der Waals surface area (Å²) in [5.74, 6) is -0.799. The summed E-state index contributed by atoms with van der Waals surface area (Å²) in [6.45, 7) is 6.21. The summed E-state index contributed by atoms with van der Waals surface area (Å²) < 4.78 is 21.3. The van der Waals surface area contributed by atoms with Crippen LogP contribution in [-0.2, 0) is 6.54 Å². The topological polar surface area (TPSA) is 85.8 Å². The molecule has 0 unspecified atom stereocenters. The zero-order valence-corrected chi connectivity index (χ0v) is 15.7. The molecule has 0 aliphatic rings. The number of fused-ring (bicyclic) bond motifs is 1. The van der Waals surface area contributed by atoms with Gasteiger partial charge in [-0.25, -0.2) is 9.37 Å². The van der Waals surface area contributed by atoms with E-state index in [0.29, 0.717) is 40.3 Å². The minimum atomic E-state index is -0.433. The lowest BCUT2D eigenvalue weighted by atomic mass is 10.0. The Bertz CT molecular complexity index is 1190. The van der Waals surface area contributed by atoms with E-state index < -0.39 is 5.82 Å². The summed E-state index contributed by atoms with van der Waals surface area (Å²) in [7, 11) is 0. The molecule has 0 aliphatic heterocycles. The largest absolute Gasteiger partial charge is 0.335 e. The number of hydrogen-bond donors (Lipinski definition) is 1. The van der Waals surface area contributed by atoms with Gasteiger partial charge in [0.05, 0.1) is 33.7 Å². The van der Waals surface area contributed by atoms with Crippen molar-refractivity contribution in [1.82, 2.24) is 19.9 Å². The third kappa shape index (κ3) is 3.02. The molecule has 0 aliphatic carbocycles. The fourth-order valence-electron chi connectivity index (χ4n) is 3.07. The molecule has 0 bridgehead atoms. The number of hydrogen-bond acceptors (Lipinski definition) is 5. The van der Waals surface area contributed by atoms with Crippen molar-refractivity contribution in [3.05, 3.63) is 59.3 Å². The monoisotopic (exact) mass is 379 g/mol. The molecule has 28 heavy (non-hydrogen) atoms. The average Bonchev–Trinajstić information content (AvgIpc) is 3.24. The number of anilines is 1. The van der Waals surface area contributed by atoms with Gasteiger partial charge in [0.1, 0.15) is 5.82 Å². The van der Waals surface area contributed by atoms with E-state index in [1.807, 2.05) is 13.8 Å². The summed E-state index contributed by atoms with van der Waals surface area (Å²) in [4.78, 5) is 17.4. The number of aromatic nitrogens is 4. The molecule has 1 N–H and O–H groups in total. The minimum absolute atomic E-state index is 0.185. The van der Waals surface area contributed by atoms with Crippen molar-refractivity contribution in [2.24, 2.45) is 0 Å². The van der Waals surface area contributed by atoms with Crippen LogP contribution < -0.4 is 5.32 Å². The molecule has 4 rings (SSSR count). The van der Waals surface area contributed by atoms with Crippen LogP contribution in [0, 0.1) is 19.7 Å². The predicted molar refractivity (Wildman–Crippen MR) is 103 cm³/mol. The molecular weight excluding hydrogens is 361 g/mol. The van der Waals surface area contributed by atoms with E-state index in [2.05, 4.69) is 20.6 Å². The van der Waals surface area contributed by atoms with E-state index in [-0.39, 0.29) is 17.2 Å². The van der Waals surface area contributed by atoms with Gasteiger partial charge in [-0.2, -0.15) is 5.10 Å². The fourth-order valence-corrected chi connectivity index (χ4v) is 3.07. The normalized spacial score (nSPS) is 11.1. The quantitative estimate of drug-likeness (QED) is 0.577. The van der Waals surface area contributed by atoms with Gasteiger partial charge in [0.15, 0.2) is 0 Å². The number of rotatable bonds is 4. The molecule has 1 amide bonds. The first-order valence-electron chi connectivity index (χ1n) is 8.85.